The summed E-state index contributed by atoms with van der Waals surface area (Å²) in [4.78, 5) is 16.8. The van der Waals surface area contributed by atoms with Crippen LogP contribution in [-0.2, 0) is 14.8 Å². The molecular weight excluding hydrogens is 426 g/mol. The molecule has 0 atom stereocenters. The van der Waals surface area contributed by atoms with Crippen molar-refractivity contribution in [3.63, 3.8) is 0 Å². The predicted molar refractivity (Wildman–Crippen MR) is 113 cm³/mol. The summed E-state index contributed by atoms with van der Waals surface area (Å²) < 4.78 is 40.1. The molecule has 150 valence electrons. The highest BCUT2D eigenvalue weighted by Crippen LogP contribution is 2.35. The highest BCUT2D eigenvalue weighted by Gasteiger charge is 2.27. The molecule has 0 saturated carbocycles. The van der Waals surface area contributed by atoms with Gasteiger partial charge in [0.1, 0.15) is 4.90 Å². The zero-order chi connectivity index (χ0) is 20.7. The standard InChI is InChI=1S/C20H13N3O5S2/c24-19-16(10-12-6-7-14-15(9-12)28-11-27-14)29-20(22-19)23-30(25,26)17-5-1-3-13-4-2-8-21-18(13)17/h1-10H,11H2,(H,22,23,24)/b16-10-. The van der Waals surface area contributed by atoms with Gasteiger partial charge in [-0.25, -0.2) is 0 Å². The van der Waals surface area contributed by atoms with Crippen LogP contribution in [0.3, 0.4) is 0 Å². The van der Waals surface area contributed by atoms with E-state index in [-0.39, 0.29) is 16.9 Å². The number of benzene rings is 2. The number of ether oxygens (including phenoxy) is 2. The highest BCUT2D eigenvalue weighted by molar-refractivity contribution is 8.19. The molecule has 1 amide bonds. The number of amidine groups is 1. The Morgan fingerprint density at radius 3 is 2.83 bits per heavy atom. The summed E-state index contributed by atoms with van der Waals surface area (Å²) in [5.41, 5.74) is 1.05. The number of thioether (sulfide) groups is 1. The van der Waals surface area contributed by atoms with E-state index < -0.39 is 15.9 Å². The Kier molecular flexibility index (Phi) is 4.44. The molecule has 5 rings (SSSR count). The van der Waals surface area contributed by atoms with E-state index >= 15 is 0 Å². The molecule has 3 aromatic rings. The van der Waals surface area contributed by atoms with Crippen LogP contribution in [0.2, 0.25) is 0 Å². The second kappa shape index (κ2) is 7.15. The number of sulfonamides is 1. The van der Waals surface area contributed by atoms with E-state index in [0.717, 1.165) is 17.3 Å². The van der Waals surface area contributed by atoms with Gasteiger partial charge in [0.25, 0.3) is 15.9 Å². The topological polar surface area (TPSA) is 107 Å². The number of rotatable bonds is 3. The average Bonchev–Trinajstić information content (AvgIpc) is 3.33. The molecule has 3 heterocycles. The van der Waals surface area contributed by atoms with E-state index in [0.29, 0.717) is 27.3 Å². The number of fused-ring (bicyclic) bond motifs is 2. The molecule has 30 heavy (non-hydrogen) atoms. The number of carbonyl (C=O) groups excluding carboxylic acids is 1. The molecule has 8 nitrogen and oxygen atoms in total. The van der Waals surface area contributed by atoms with Gasteiger partial charge in [-0.3, -0.25) is 15.1 Å². The summed E-state index contributed by atoms with van der Waals surface area (Å²) in [6, 6.07) is 13.6. The summed E-state index contributed by atoms with van der Waals surface area (Å²) in [6.07, 6.45) is 3.16. The van der Waals surface area contributed by atoms with Crippen LogP contribution in [0.25, 0.3) is 17.0 Å². The van der Waals surface area contributed by atoms with Crippen molar-refractivity contribution in [3.8, 4) is 11.5 Å². The number of aromatic nitrogens is 1. The first-order valence-electron chi connectivity index (χ1n) is 8.79. The number of carbonyl (C=O) groups is 1. The molecule has 0 radical (unpaired) electrons. The van der Waals surface area contributed by atoms with Gasteiger partial charge in [-0.2, -0.15) is 8.42 Å². The number of hydrogen-bond acceptors (Lipinski definition) is 7. The van der Waals surface area contributed by atoms with E-state index in [1.807, 2.05) is 0 Å². The van der Waals surface area contributed by atoms with Crippen molar-refractivity contribution < 1.29 is 22.7 Å². The SMILES string of the molecule is O=C1N/C(=N\S(=O)(=O)c2cccc3cccnc23)S/C1=C\c1ccc2c(c1)OCO2. The van der Waals surface area contributed by atoms with Crippen molar-refractivity contribution in [1.82, 2.24) is 10.3 Å². The minimum absolute atomic E-state index is 0.0140. The fourth-order valence-electron chi connectivity index (χ4n) is 3.07. The third-order valence-electron chi connectivity index (χ3n) is 4.42. The van der Waals surface area contributed by atoms with E-state index in [2.05, 4.69) is 14.7 Å². The number of nitrogens with zero attached hydrogens (tertiary/aromatic N) is 2. The molecule has 1 saturated heterocycles. The Hall–Kier alpha value is -3.37. The Balaban J connectivity index is 1.46. The average molecular weight is 439 g/mol. The van der Waals surface area contributed by atoms with Gasteiger partial charge < -0.3 is 9.47 Å². The molecule has 2 aliphatic rings. The van der Waals surface area contributed by atoms with Crippen molar-refractivity contribution in [1.29, 1.82) is 0 Å². The zero-order valence-corrected chi connectivity index (χ0v) is 16.9. The van der Waals surface area contributed by atoms with Crippen LogP contribution in [-0.4, -0.2) is 31.3 Å². The van der Waals surface area contributed by atoms with E-state index in [1.54, 1.807) is 48.5 Å². The third-order valence-corrected chi connectivity index (χ3v) is 6.76. The Labute approximate surface area is 175 Å². The fourth-order valence-corrected chi connectivity index (χ4v) is 5.23. The van der Waals surface area contributed by atoms with Crippen molar-refractivity contribution in [2.24, 2.45) is 4.40 Å². The van der Waals surface area contributed by atoms with Crippen LogP contribution >= 0.6 is 11.8 Å². The maximum absolute atomic E-state index is 12.9. The van der Waals surface area contributed by atoms with Gasteiger partial charge in [-0.1, -0.05) is 24.3 Å². The number of hydrogen-bond donors (Lipinski definition) is 1. The van der Waals surface area contributed by atoms with Gasteiger partial charge in [-0.05, 0) is 47.7 Å². The monoisotopic (exact) mass is 439 g/mol. The van der Waals surface area contributed by atoms with Crippen molar-refractivity contribution >= 4 is 49.8 Å². The number of amides is 1. The quantitative estimate of drug-likeness (QED) is 0.625. The number of pyridine rings is 1. The van der Waals surface area contributed by atoms with Crippen molar-refractivity contribution in [2.45, 2.75) is 4.90 Å². The predicted octanol–water partition coefficient (Wildman–Crippen LogP) is 2.91. The third kappa shape index (κ3) is 3.40. The Morgan fingerprint density at radius 1 is 1.10 bits per heavy atom. The van der Waals surface area contributed by atoms with Crippen LogP contribution < -0.4 is 14.8 Å². The first-order valence-corrected chi connectivity index (χ1v) is 11.0. The molecule has 1 fully saturated rings. The smallest absolute Gasteiger partial charge is 0.286 e. The number of nitrogens with one attached hydrogen (secondary N) is 1. The van der Waals surface area contributed by atoms with Crippen molar-refractivity contribution in [3.05, 3.63) is 65.2 Å². The molecule has 0 spiro atoms. The van der Waals surface area contributed by atoms with Gasteiger partial charge in [0.2, 0.25) is 6.79 Å². The summed E-state index contributed by atoms with van der Waals surface area (Å²) in [5.74, 6) is 0.799. The highest BCUT2D eigenvalue weighted by atomic mass is 32.2. The molecule has 10 heteroatoms. The second-order valence-corrected chi connectivity index (χ2v) is 8.98. The molecule has 2 aliphatic heterocycles. The van der Waals surface area contributed by atoms with Crippen LogP contribution in [0.4, 0.5) is 0 Å². The molecule has 1 N–H and O–H groups in total. The zero-order valence-electron chi connectivity index (χ0n) is 15.2. The van der Waals surface area contributed by atoms with Crippen LogP contribution in [0.5, 0.6) is 11.5 Å². The summed E-state index contributed by atoms with van der Waals surface area (Å²) in [5, 5.41) is 3.17. The lowest BCUT2D eigenvalue weighted by atomic mass is 10.2. The Bertz CT molecular complexity index is 1360. The minimum atomic E-state index is -4.07. The lowest BCUT2D eigenvalue weighted by molar-refractivity contribution is -0.115. The van der Waals surface area contributed by atoms with Gasteiger partial charge in [0, 0.05) is 11.6 Å². The lowest BCUT2D eigenvalue weighted by Crippen LogP contribution is -2.20. The number of para-hydroxylation sites is 1. The summed E-state index contributed by atoms with van der Waals surface area (Å²) >= 11 is 0.953. The van der Waals surface area contributed by atoms with Crippen LogP contribution in [0, 0.1) is 0 Å². The van der Waals surface area contributed by atoms with Crippen LogP contribution in [0.15, 0.2) is 68.9 Å². The molecule has 0 aliphatic carbocycles. The summed E-state index contributed by atoms with van der Waals surface area (Å²) in [7, 11) is -4.07. The maximum Gasteiger partial charge on any atom is 0.286 e. The molecule has 2 aromatic carbocycles. The van der Waals surface area contributed by atoms with Crippen LogP contribution in [0.1, 0.15) is 5.56 Å². The first-order chi connectivity index (χ1) is 14.5. The molecule has 0 bridgehead atoms. The fraction of sp³-hybridized carbons (Fsp3) is 0.0500. The molecular formula is C20H13N3O5S2. The van der Waals surface area contributed by atoms with E-state index in [1.165, 1.54) is 12.3 Å². The maximum atomic E-state index is 12.9. The Morgan fingerprint density at radius 2 is 1.93 bits per heavy atom. The van der Waals surface area contributed by atoms with Gasteiger partial charge in [0.15, 0.2) is 16.7 Å². The van der Waals surface area contributed by atoms with Gasteiger partial charge in [-0.15, -0.1) is 4.40 Å². The van der Waals surface area contributed by atoms with Crippen molar-refractivity contribution in [2.75, 3.05) is 6.79 Å². The molecule has 0 unspecified atom stereocenters. The first kappa shape index (κ1) is 18.6. The van der Waals surface area contributed by atoms with Gasteiger partial charge in [0.05, 0.1) is 10.4 Å². The lowest BCUT2D eigenvalue weighted by Gasteiger charge is -2.04. The summed E-state index contributed by atoms with van der Waals surface area (Å²) in [6.45, 7) is 0.155. The molecule has 1 aromatic heterocycles. The second-order valence-electron chi connectivity index (χ2n) is 6.38. The van der Waals surface area contributed by atoms with E-state index in [9.17, 15) is 13.2 Å². The van der Waals surface area contributed by atoms with E-state index in [4.69, 9.17) is 9.47 Å². The van der Waals surface area contributed by atoms with Gasteiger partial charge >= 0.3 is 0 Å². The largest absolute Gasteiger partial charge is 0.454 e. The normalized spacial score (nSPS) is 18.3. The minimum Gasteiger partial charge on any atom is -0.454 e.